The Labute approximate surface area is 135 Å². The largest absolute Gasteiger partial charge is 0.493 e. The van der Waals surface area contributed by atoms with Crippen LogP contribution in [0.5, 0.6) is 11.5 Å². The quantitative estimate of drug-likeness (QED) is 0.849. The van der Waals surface area contributed by atoms with Crippen LogP contribution in [0, 0.1) is 5.92 Å². The first kappa shape index (κ1) is 16.9. The Morgan fingerprint density at radius 3 is 2.70 bits per heavy atom. The van der Waals surface area contributed by atoms with Crippen LogP contribution in [0.1, 0.15) is 18.4 Å². The van der Waals surface area contributed by atoms with Gasteiger partial charge in [0.25, 0.3) is 0 Å². The van der Waals surface area contributed by atoms with E-state index in [2.05, 4.69) is 5.32 Å². The fraction of sp³-hybridized carbons (Fsp3) is 0.500. The van der Waals surface area contributed by atoms with Gasteiger partial charge in [0.1, 0.15) is 0 Å². The maximum Gasteiger partial charge on any atom is 0.314 e. The zero-order valence-electron chi connectivity index (χ0n) is 13.5. The minimum absolute atomic E-state index is 0.0641. The van der Waals surface area contributed by atoms with Gasteiger partial charge in [-0.1, -0.05) is 6.07 Å². The summed E-state index contributed by atoms with van der Waals surface area (Å²) in [5.41, 5.74) is 6.20. The predicted octanol–water partition coefficient (Wildman–Crippen LogP) is 1.11. The number of primary amides is 1. The van der Waals surface area contributed by atoms with Crippen LogP contribution in [0.4, 0.5) is 4.79 Å². The van der Waals surface area contributed by atoms with Crippen molar-refractivity contribution in [2.45, 2.75) is 19.4 Å². The van der Waals surface area contributed by atoms with Gasteiger partial charge in [-0.25, -0.2) is 4.79 Å². The van der Waals surface area contributed by atoms with Crippen LogP contribution in [-0.4, -0.2) is 44.1 Å². The van der Waals surface area contributed by atoms with Crippen LogP contribution in [0.15, 0.2) is 18.2 Å². The lowest BCUT2D eigenvalue weighted by atomic mass is 9.97. The van der Waals surface area contributed by atoms with Crippen LogP contribution < -0.4 is 20.5 Å². The van der Waals surface area contributed by atoms with Crippen molar-refractivity contribution < 1.29 is 19.1 Å². The predicted molar refractivity (Wildman–Crippen MR) is 85.3 cm³/mol. The number of carbonyl (C=O) groups excluding carboxylic acids is 2. The first-order chi connectivity index (χ1) is 11.0. The van der Waals surface area contributed by atoms with Crippen molar-refractivity contribution in [2.24, 2.45) is 11.7 Å². The van der Waals surface area contributed by atoms with E-state index in [9.17, 15) is 9.59 Å². The van der Waals surface area contributed by atoms with Crippen molar-refractivity contribution in [1.82, 2.24) is 10.2 Å². The molecule has 7 heteroatoms. The number of ether oxygens (including phenoxy) is 2. The van der Waals surface area contributed by atoms with Gasteiger partial charge in [0.05, 0.1) is 20.1 Å². The van der Waals surface area contributed by atoms with Crippen LogP contribution in [0.2, 0.25) is 0 Å². The fourth-order valence-electron chi connectivity index (χ4n) is 2.72. The molecule has 2 rings (SSSR count). The van der Waals surface area contributed by atoms with Crippen molar-refractivity contribution >= 4 is 11.9 Å². The summed E-state index contributed by atoms with van der Waals surface area (Å²) in [6, 6.07) is 5.03. The van der Waals surface area contributed by atoms with Gasteiger partial charge >= 0.3 is 6.03 Å². The summed E-state index contributed by atoms with van der Waals surface area (Å²) >= 11 is 0. The van der Waals surface area contributed by atoms with E-state index in [0.29, 0.717) is 31.1 Å². The number of nitrogens with one attached hydrogen (secondary N) is 1. The molecule has 1 aliphatic rings. The van der Waals surface area contributed by atoms with Gasteiger partial charge in [-0.05, 0) is 30.5 Å². The molecule has 0 bridgehead atoms. The number of nitrogens with two attached hydrogens (primary N) is 1. The molecule has 7 nitrogen and oxygen atoms in total. The third-order valence-corrected chi connectivity index (χ3v) is 4.02. The maximum atomic E-state index is 12.3. The topological polar surface area (TPSA) is 93.9 Å². The van der Waals surface area contributed by atoms with E-state index < -0.39 is 6.03 Å². The third-order valence-electron chi connectivity index (χ3n) is 4.02. The highest BCUT2D eigenvalue weighted by Crippen LogP contribution is 2.27. The number of rotatable bonds is 5. The van der Waals surface area contributed by atoms with E-state index in [0.717, 1.165) is 18.4 Å². The summed E-state index contributed by atoms with van der Waals surface area (Å²) in [4.78, 5) is 25.0. The number of amides is 3. The Morgan fingerprint density at radius 2 is 2.04 bits per heavy atom. The SMILES string of the molecule is COc1ccc(CNC(=O)[C@H]2CCCN(C(N)=O)C2)cc1OC. The molecule has 23 heavy (non-hydrogen) atoms. The van der Waals surface area contributed by atoms with Gasteiger partial charge in [-0.2, -0.15) is 0 Å². The fourth-order valence-corrected chi connectivity index (χ4v) is 2.72. The third kappa shape index (κ3) is 4.28. The number of methoxy groups -OCH3 is 2. The van der Waals surface area contributed by atoms with E-state index in [1.165, 1.54) is 4.90 Å². The lowest BCUT2D eigenvalue weighted by Gasteiger charge is -2.30. The van der Waals surface area contributed by atoms with Gasteiger partial charge in [-0.3, -0.25) is 4.79 Å². The molecule has 0 unspecified atom stereocenters. The number of carbonyl (C=O) groups is 2. The average Bonchev–Trinajstić information content (AvgIpc) is 2.59. The van der Waals surface area contributed by atoms with E-state index in [1.54, 1.807) is 20.3 Å². The van der Waals surface area contributed by atoms with Crippen molar-refractivity contribution in [3.8, 4) is 11.5 Å². The van der Waals surface area contributed by atoms with Crippen molar-refractivity contribution in [3.63, 3.8) is 0 Å². The first-order valence-corrected chi connectivity index (χ1v) is 7.58. The van der Waals surface area contributed by atoms with E-state index in [1.807, 2.05) is 12.1 Å². The van der Waals surface area contributed by atoms with Crippen LogP contribution in [-0.2, 0) is 11.3 Å². The highest BCUT2D eigenvalue weighted by molar-refractivity contribution is 5.80. The number of likely N-dealkylation sites (tertiary alicyclic amines) is 1. The molecule has 1 atom stereocenters. The summed E-state index contributed by atoms with van der Waals surface area (Å²) in [6.45, 7) is 1.40. The van der Waals surface area contributed by atoms with Crippen LogP contribution in [0.25, 0.3) is 0 Å². The van der Waals surface area contributed by atoms with Crippen molar-refractivity contribution in [2.75, 3.05) is 27.3 Å². The molecule has 1 aromatic carbocycles. The number of benzene rings is 1. The zero-order chi connectivity index (χ0) is 16.8. The van der Waals surface area contributed by atoms with E-state index in [-0.39, 0.29) is 11.8 Å². The summed E-state index contributed by atoms with van der Waals surface area (Å²) in [5, 5.41) is 2.90. The molecule has 3 amide bonds. The van der Waals surface area contributed by atoms with Gasteiger partial charge in [0.15, 0.2) is 11.5 Å². The Balaban J connectivity index is 1.92. The molecule has 126 valence electrons. The number of hydrogen-bond acceptors (Lipinski definition) is 4. The molecule has 0 spiro atoms. The van der Waals surface area contributed by atoms with Gasteiger partial charge in [0.2, 0.25) is 5.91 Å². The molecule has 0 radical (unpaired) electrons. The second kappa shape index (κ2) is 7.71. The molecule has 1 aromatic rings. The maximum absolute atomic E-state index is 12.3. The molecular formula is C16H23N3O4. The smallest absolute Gasteiger partial charge is 0.314 e. The number of hydrogen-bond donors (Lipinski definition) is 2. The Kier molecular flexibility index (Phi) is 5.67. The highest BCUT2D eigenvalue weighted by Gasteiger charge is 2.27. The monoisotopic (exact) mass is 321 g/mol. The Bertz CT molecular complexity index is 576. The standard InChI is InChI=1S/C16H23N3O4/c1-22-13-6-5-11(8-14(13)23-2)9-18-15(20)12-4-3-7-19(10-12)16(17)21/h5-6,8,12H,3-4,7,9-10H2,1-2H3,(H2,17,21)(H,18,20)/t12-/m0/s1. The minimum Gasteiger partial charge on any atom is -0.493 e. The molecule has 0 aliphatic carbocycles. The molecule has 1 heterocycles. The molecule has 0 aromatic heterocycles. The Morgan fingerprint density at radius 1 is 1.30 bits per heavy atom. The van der Waals surface area contributed by atoms with Gasteiger partial charge in [0, 0.05) is 19.6 Å². The van der Waals surface area contributed by atoms with E-state index >= 15 is 0 Å². The van der Waals surface area contributed by atoms with Crippen molar-refractivity contribution in [1.29, 1.82) is 0 Å². The first-order valence-electron chi connectivity index (χ1n) is 7.58. The van der Waals surface area contributed by atoms with Gasteiger partial charge < -0.3 is 25.4 Å². The molecular weight excluding hydrogens is 298 g/mol. The second-order valence-electron chi connectivity index (χ2n) is 5.53. The summed E-state index contributed by atoms with van der Waals surface area (Å²) in [6.07, 6.45) is 1.55. The summed E-state index contributed by atoms with van der Waals surface area (Å²) in [5.74, 6) is 0.992. The zero-order valence-corrected chi connectivity index (χ0v) is 13.5. The van der Waals surface area contributed by atoms with Gasteiger partial charge in [-0.15, -0.1) is 0 Å². The number of nitrogens with zero attached hydrogens (tertiary/aromatic N) is 1. The average molecular weight is 321 g/mol. The Hall–Kier alpha value is -2.44. The molecule has 1 aliphatic heterocycles. The lowest BCUT2D eigenvalue weighted by Crippen LogP contribution is -2.47. The number of piperidine rings is 1. The summed E-state index contributed by atoms with van der Waals surface area (Å²) in [7, 11) is 3.15. The number of urea groups is 1. The lowest BCUT2D eigenvalue weighted by molar-refractivity contribution is -0.126. The van der Waals surface area contributed by atoms with Crippen LogP contribution >= 0.6 is 0 Å². The molecule has 1 fully saturated rings. The summed E-state index contributed by atoms with van der Waals surface area (Å²) < 4.78 is 10.4. The minimum atomic E-state index is -0.470. The highest BCUT2D eigenvalue weighted by atomic mass is 16.5. The van der Waals surface area contributed by atoms with E-state index in [4.69, 9.17) is 15.2 Å². The van der Waals surface area contributed by atoms with Crippen molar-refractivity contribution in [3.05, 3.63) is 23.8 Å². The second-order valence-corrected chi connectivity index (χ2v) is 5.53. The normalized spacial score (nSPS) is 17.5. The van der Waals surface area contributed by atoms with Crippen LogP contribution in [0.3, 0.4) is 0 Å². The molecule has 1 saturated heterocycles. The molecule has 0 saturated carbocycles. The molecule has 3 N–H and O–H groups in total.